The number of hydrogen-bond donors (Lipinski definition) is 2. The fourth-order valence-electron chi connectivity index (χ4n) is 2.93. The number of sulfonamides is 1. The first-order valence-electron chi connectivity index (χ1n) is 7.22. The van der Waals surface area contributed by atoms with E-state index in [0.717, 1.165) is 48.3 Å². The number of carbonyl (C=O) groups excluding carboxylic acids is 1. The quantitative estimate of drug-likeness (QED) is 0.869. The summed E-state index contributed by atoms with van der Waals surface area (Å²) in [7, 11) is -3.67. The van der Waals surface area contributed by atoms with E-state index < -0.39 is 10.0 Å². The Morgan fingerprint density at radius 1 is 1.43 bits per heavy atom. The first-order chi connectivity index (χ1) is 9.78. The van der Waals surface area contributed by atoms with E-state index >= 15 is 0 Å². The molecule has 21 heavy (non-hydrogen) atoms. The number of amides is 1. The van der Waals surface area contributed by atoms with Crippen molar-refractivity contribution in [1.29, 1.82) is 0 Å². The number of thiophene rings is 1. The fraction of sp³-hybridized carbons (Fsp3) is 0.643. The molecule has 1 aromatic heterocycles. The van der Waals surface area contributed by atoms with Gasteiger partial charge in [-0.25, -0.2) is 13.6 Å². The topological polar surface area (TPSA) is 89.3 Å². The van der Waals surface area contributed by atoms with Crippen LogP contribution in [0.15, 0.2) is 16.3 Å². The first kappa shape index (κ1) is 16.5. The second kappa shape index (κ2) is 6.06. The standard InChI is InChI=1S/C14H22N2O3S2/c1-3-14(8-4-5-9-14)13(17)16-10(2)11-6-7-12(20-11)21(15,18)19/h6-7,10H,3-5,8-9H2,1-2H3,(H,16,17)(H2,15,18,19). The highest BCUT2D eigenvalue weighted by molar-refractivity contribution is 7.91. The lowest BCUT2D eigenvalue weighted by molar-refractivity contribution is -0.131. The molecule has 7 heteroatoms. The molecule has 0 bridgehead atoms. The summed E-state index contributed by atoms with van der Waals surface area (Å²) in [6.45, 7) is 3.93. The normalized spacial score (nSPS) is 19.4. The molecule has 1 aliphatic carbocycles. The smallest absolute Gasteiger partial charge is 0.247 e. The maximum Gasteiger partial charge on any atom is 0.247 e. The molecular weight excluding hydrogens is 308 g/mol. The van der Waals surface area contributed by atoms with Gasteiger partial charge in [0.2, 0.25) is 15.9 Å². The molecule has 1 amide bonds. The van der Waals surface area contributed by atoms with Gasteiger partial charge in [0.05, 0.1) is 6.04 Å². The third-order valence-corrected chi connectivity index (χ3v) is 7.08. The van der Waals surface area contributed by atoms with Crippen LogP contribution in [0.3, 0.4) is 0 Å². The van der Waals surface area contributed by atoms with Crippen LogP contribution in [0.1, 0.15) is 56.9 Å². The molecule has 0 aromatic carbocycles. The number of carbonyl (C=O) groups is 1. The Hall–Kier alpha value is -0.920. The largest absolute Gasteiger partial charge is 0.348 e. The molecule has 1 unspecified atom stereocenters. The Kier molecular flexibility index (Phi) is 4.75. The lowest BCUT2D eigenvalue weighted by atomic mass is 9.82. The SMILES string of the molecule is CCC1(C(=O)NC(C)c2ccc(S(N)(=O)=O)s2)CCCC1. The minimum atomic E-state index is -3.67. The van der Waals surface area contributed by atoms with Crippen molar-refractivity contribution in [3.05, 3.63) is 17.0 Å². The fourth-order valence-corrected chi connectivity index (χ4v) is 4.69. The van der Waals surface area contributed by atoms with Crippen molar-refractivity contribution < 1.29 is 13.2 Å². The summed E-state index contributed by atoms with van der Waals surface area (Å²) in [5.41, 5.74) is -0.242. The lowest BCUT2D eigenvalue weighted by Crippen LogP contribution is -2.39. The third kappa shape index (κ3) is 3.46. The number of hydrogen-bond acceptors (Lipinski definition) is 4. The van der Waals surface area contributed by atoms with Gasteiger partial charge in [0, 0.05) is 10.3 Å². The Labute approximate surface area is 130 Å². The van der Waals surface area contributed by atoms with Crippen molar-refractivity contribution >= 4 is 27.3 Å². The van der Waals surface area contributed by atoms with Crippen LogP contribution >= 0.6 is 11.3 Å². The predicted octanol–water partition coefficient (Wildman–Crippen LogP) is 2.54. The number of rotatable bonds is 5. The van der Waals surface area contributed by atoms with Gasteiger partial charge in [-0.05, 0) is 38.3 Å². The van der Waals surface area contributed by atoms with Crippen molar-refractivity contribution in [2.45, 2.75) is 56.2 Å². The highest BCUT2D eigenvalue weighted by atomic mass is 32.2. The Balaban J connectivity index is 2.09. The van der Waals surface area contributed by atoms with Gasteiger partial charge in [-0.2, -0.15) is 0 Å². The van der Waals surface area contributed by atoms with Gasteiger partial charge < -0.3 is 5.32 Å². The van der Waals surface area contributed by atoms with Crippen molar-refractivity contribution in [2.75, 3.05) is 0 Å². The molecule has 3 N–H and O–H groups in total. The van der Waals surface area contributed by atoms with Crippen LogP contribution < -0.4 is 10.5 Å². The molecule has 0 aliphatic heterocycles. The average molecular weight is 330 g/mol. The Bertz CT molecular complexity index is 616. The van der Waals surface area contributed by atoms with Gasteiger partial charge in [0.15, 0.2) is 0 Å². The Morgan fingerprint density at radius 2 is 2.05 bits per heavy atom. The van der Waals surface area contributed by atoms with E-state index in [0.29, 0.717) is 0 Å². The van der Waals surface area contributed by atoms with Gasteiger partial charge in [-0.1, -0.05) is 19.8 Å². The molecule has 0 radical (unpaired) electrons. The molecule has 0 spiro atoms. The number of nitrogens with two attached hydrogens (primary N) is 1. The molecule has 1 heterocycles. The minimum Gasteiger partial charge on any atom is -0.348 e. The molecule has 1 atom stereocenters. The molecule has 1 saturated carbocycles. The van der Waals surface area contributed by atoms with Gasteiger partial charge >= 0.3 is 0 Å². The van der Waals surface area contributed by atoms with E-state index in [1.54, 1.807) is 6.07 Å². The number of primary sulfonamides is 1. The van der Waals surface area contributed by atoms with Gasteiger partial charge in [-0.3, -0.25) is 4.79 Å². The van der Waals surface area contributed by atoms with Crippen LogP contribution in [0.25, 0.3) is 0 Å². The maximum absolute atomic E-state index is 12.5. The second-order valence-electron chi connectivity index (χ2n) is 5.74. The van der Waals surface area contributed by atoms with Crippen molar-refractivity contribution in [1.82, 2.24) is 5.32 Å². The molecule has 2 rings (SSSR count). The van der Waals surface area contributed by atoms with Crippen LogP contribution in [0, 0.1) is 5.41 Å². The van der Waals surface area contributed by atoms with Gasteiger partial charge in [-0.15, -0.1) is 11.3 Å². The van der Waals surface area contributed by atoms with Gasteiger partial charge in [0.25, 0.3) is 0 Å². The monoisotopic (exact) mass is 330 g/mol. The second-order valence-corrected chi connectivity index (χ2v) is 8.64. The van der Waals surface area contributed by atoms with Crippen molar-refractivity contribution in [2.24, 2.45) is 10.6 Å². The van der Waals surface area contributed by atoms with Crippen LogP contribution in [-0.4, -0.2) is 14.3 Å². The molecule has 118 valence electrons. The van der Waals surface area contributed by atoms with E-state index in [9.17, 15) is 13.2 Å². The minimum absolute atomic E-state index is 0.0838. The average Bonchev–Trinajstić information content (AvgIpc) is 3.08. The summed E-state index contributed by atoms with van der Waals surface area (Å²) in [5, 5.41) is 8.14. The molecule has 1 aliphatic rings. The molecule has 1 aromatic rings. The summed E-state index contributed by atoms with van der Waals surface area (Å²) in [6, 6.07) is 2.99. The van der Waals surface area contributed by atoms with E-state index in [2.05, 4.69) is 12.2 Å². The zero-order valence-corrected chi connectivity index (χ0v) is 14.0. The van der Waals surface area contributed by atoms with Crippen LogP contribution in [0.2, 0.25) is 0 Å². The summed E-state index contributed by atoms with van der Waals surface area (Å²) in [5.74, 6) is 0.0838. The summed E-state index contributed by atoms with van der Waals surface area (Å²) in [4.78, 5) is 13.3. The van der Waals surface area contributed by atoms with Crippen molar-refractivity contribution in [3.63, 3.8) is 0 Å². The number of nitrogens with one attached hydrogen (secondary N) is 1. The van der Waals surface area contributed by atoms with Crippen LogP contribution in [-0.2, 0) is 14.8 Å². The molecule has 1 fully saturated rings. The first-order valence-corrected chi connectivity index (χ1v) is 9.58. The summed E-state index contributed by atoms with van der Waals surface area (Å²) in [6.07, 6.45) is 4.93. The molecule has 5 nitrogen and oxygen atoms in total. The van der Waals surface area contributed by atoms with E-state index in [-0.39, 0.29) is 21.6 Å². The zero-order chi connectivity index (χ0) is 15.7. The summed E-state index contributed by atoms with van der Waals surface area (Å²) < 4.78 is 22.7. The van der Waals surface area contributed by atoms with Gasteiger partial charge in [0.1, 0.15) is 4.21 Å². The van der Waals surface area contributed by atoms with Crippen LogP contribution in [0.4, 0.5) is 0 Å². The highest BCUT2D eigenvalue weighted by Crippen LogP contribution is 2.41. The lowest BCUT2D eigenvalue weighted by Gasteiger charge is -2.27. The summed E-state index contributed by atoms with van der Waals surface area (Å²) >= 11 is 1.11. The van der Waals surface area contributed by atoms with Crippen molar-refractivity contribution in [3.8, 4) is 0 Å². The van der Waals surface area contributed by atoms with E-state index in [4.69, 9.17) is 5.14 Å². The Morgan fingerprint density at radius 3 is 2.52 bits per heavy atom. The van der Waals surface area contributed by atoms with Crippen LogP contribution in [0.5, 0.6) is 0 Å². The molecule has 0 saturated heterocycles. The third-order valence-electron chi connectivity index (χ3n) is 4.38. The zero-order valence-electron chi connectivity index (χ0n) is 12.4. The van der Waals surface area contributed by atoms with E-state index in [1.807, 2.05) is 6.92 Å². The van der Waals surface area contributed by atoms with E-state index in [1.165, 1.54) is 6.07 Å². The predicted molar refractivity (Wildman–Crippen MR) is 83.4 cm³/mol. The highest BCUT2D eigenvalue weighted by Gasteiger charge is 2.39. The molecular formula is C14H22N2O3S2. The maximum atomic E-state index is 12.5.